The van der Waals surface area contributed by atoms with E-state index < -0.39 is 40.2 Å². The first-order valence-electron chi connectivity index (χ1n) is 9.24. The minimum Gasteiger partial charge on any atom is -0.598 e. The third-order valence-electron chi connectivity index (χ3n) is 7.35. The summed E-state index contributed by atoms with van der Waals surface area (Å²) >= 11 is 0. The van der Waals surface area contributed by atoms with Crippen LogP contribution in [0.2, 0.25) is 0 Å². The summed E-state index contributed by atoms with van der Waals surface area (Å²) < 4.78 is 0. The number of fused-ring (bicyclic) bond motifs is 5. The maximum atomic E-state index is 11.7. The first-order valence-corrected chi connectivity index (χ1v) is 9.24. The second-order valence-corrected chi connectivity index (χ2v) is 8.48. The standard InChI is InChI=1S/C18H27N3O5.Mn/c19-16-6-1-2-11(22)8-10(16)3-4-12-13-5-7-18(24,21(25)26)17(13,20)9-14(23)15(12)16;/h8,11-15,21-25H,2-5,7,9,19-20H2;. The number of hydroxylamine groups is 2. The Morgan fingerprint density at radius 2 is 1.96 bits per heavy atom. The monoisotopic (exact) mass is 420 g/mol. The maximum Gasteiger partial charge on any atom is 0.247 e. The van der Waals surface area contributed by atoms with Gasteiger partial charge >= 0.3 is 0 Å². The Kier molecular flexibility index (Phi) is 5.33. The zero-order valence-corrected chi connectivity index (χ0v) is 16.1. The van der Waals surface area contributed by atoms with Crippen molar-refractivity contribution in [1.82, 2.24) is 0 Å². The van der Waals surface area contributed by atoms with Gasteiger partial charge in [0.1, 0.15) is 11.1 Å². The normalized spacial score (nSPS) is 52.0. The summed E-state index contributed by atoms with van der Waals surface area (Å²) in [5.74, 6) is 5.25. The van der Waals surface area contributed by atoms with Crippen molar-refractivity contribution in [2.45, 2.75) is 67.5 Å². The molecule has 27 heavy (non-hydrogen) atoms. The van der Waals surface area contributed by atoms with E-state index in [4.69, 9.17) is 11.5 Å². The molecule has 0 amide bonds. The molecule has 3 fully saturated rings. The van der Waals surface area contributed by atoms with Gasteiger partial charge in [-0.05, 0) is 36.7 Å². The molecule has 0 heterocycles. The van der Waals surface area contributed by atoms with Crippen LogP contribution in [0.25, 0.3) is 0 Å². The van der Waals surface area contributed by atoms with Crippen LogP contribution in [0.3, 0.4) is 0 Å². The summed E-state index contributed by atoms with van der Waals surface area (Å²) in [4.78, 5) is 0. The number of rotatable bonds is 1. The molecule has 9 atom stereocenters. The SMILES string of the molecule is NC12C#CCC(O)C=C1CCC1C2C(O)CC2(N)C1CCC2(O)[NH+]([O-])O.[Mn]. The number of quaternary nitrogens is 1. The third kappa shape index (κ3) is 2.75. The number of hydrogen-bond acceptors (Lipinski definition) is 7. The molecule has 4 aliphatic rings. The van der Waals surface area contributed by atoms with Crippen molar-refractivity contribution in [2.24, 2.45) is 29.2 Å². The van der Waals surface area contributed by atoms with Crippen molar-refractivity contribution in [3.8, 4) is 11.8 Å². The van der Waals surface area contributed by atoms with Gasteiger partial charge in [-0.3, -0.25) is 0 Å². The summed E-state index contributed by atoms with van der Waals surface area (Å²) in [5.41, 5.74) is 9.55. The molecule has 0 spiro atoms. The van der Waals surface area contributed by atoms with Gasteiger partial charge in [0.15, 0.2) is 0 Å². The fraction of sp³-hybridized carbons (Fsp3) is 0.778. The number of nitrogens with two attached hydrogens (primary N) is 2. The minimum absolute atomic E-state index is 0. The van der Waals surface area contributed by atoms with E-state index in [2.05, 4.69) is 11.8 Å². The quantitative estimate of drug-likeness (QED) is 0.0828. The van der Waals surface area contributed by atoms with Crippen LogP contribution in [0, 0.1) is 34.8 Å². The topological polar surface area (TPSA) is 160 Å². The van der Waals surface area contributed by atoms with Gasteiger partial charge in [-0.25, -0.2) is 5.21 Å². The number of nitrogens with one attached hydrogen (secondary N) is 1. The van der Waals surface area contributed by atoms with E-state index in [1.165, 1.54) is 0 Å². The summed E-state index contributed by atoms with van der Waals surface area (Å²) in [6.07, 6.45) is 2.23. The van der Waals surface area contributed by atoms with Gasteiger partial charge in [-0.2, -0.15) is 5.23 Å². The van der Waals surface area contributed by atoms with Gasteiger partial charge < -0.3 is 32.0 Å². The second-order valence-electron chi connectivity index (χ2n) is 8.48. The van der Waals surface area contributed by atoms with Crippen molar-refractivity contribution >= 4 is 0 Å². The van der Waals surface area contributed by atoms with Crippen molar-refractivity contribution < 1.29 is 42.8 Å². The van der Waals surface area contributed by atoms with E-state index in [1.807, 2.05) is 0 Å². The molecule has 0 aromatic rings. The van der Waals surface area contributed by atoms with Crippen molar-refractivity contribution in [3.63, 3.8) is 0 Å². The van der Waals surface area contributed by atoms with Crippen LogP contribution in [-0.2, 0) is 17.1 Å². The Bertz CT molecular complexity index is 709. The van der Waals surface area contributed by atoms with E-state index in [-0.39, 0.29) is 41.7 Å². The number of aliphatic hydroxyl groups is 3. The smallest absolute Gasteiger partial charge is 0.247 e. The van der Waals surface area contributed by atoms with Crippen LogP contribution >= 0.6 is 0 Å². The Balaban J connectivity index is 0.00000210. The zero-order chi connectivity index (χ0) is 18.9. The second kappa shape index (κ2) is 6.78. The maximum absolute atomic E-state index is 11.7. The number of hydrogen-bond donors (Lipinski definition) is 7. The first-order chi connectivity index (χ1) is 12.1. The average Bonchev–Trinajstić information content (AvgIpc) is 2.72. The molecular weight excluding hydrogens is 393 g/mol. The van der Waals surface area contributed by atoms with E-state index in [1.54, 1.807) is 6.08 Å². The van der Waals surface area contributed by atoms with Gasteiger partial charge in [0.05, 0.1) is 12.2 Å². The minimum atomic E-state index is -2.03. The molecule has 4 rings (SSSR count). The Morgan fingerprint density at radius 1 is 1.26 bits per heavy atom. The third-order valence-corrected chi connectivity index (χ3v) is 7.35. The zero-order valence-electron chi connectivity index (χ0n) is 14.9. The van der Waals surface area contributed by atoms with Crippen LogP contribution in [0.15, 0.2) is 11.6 Å². The Hall–Kier alpha value is -0.501. The molecule has 9 heteroatoms. The van der Waals surface area contributed by atoms with E-state index >= 15 is 0 Å². The first kappa shape index (κ1) is 21.2. The van der Waals surface area contributed by atoms with E-state index in [0.717, 1.165) is 5.57 Å². The van der Waals surface area contributed by atoms with Gasteiger partial charge in [0.25, 0.3) is 0 Å². The fourth-order valence-corrected chi connectivity index (χ4v) is 6.14. The largest absolute Gasteiger partial charge is 0.598 e. The summed E-state index contributed by atoms with van der Waals surface area (Å²) in [6.45, 7) is 0. The van der Waals surface area contributed by atoms with Crippen LogP contribution in [0.5, 0.6) is 0 Å². The Morgan fingerprint density at radius 3 is 2.63 bits per heavy atom. The molecular formula is C18H27MnN3O5. The summed E-state index contributed by atoms with van der Waals surface area (Å²) in [6, 6.07) is 0. The molecule has 0 aliphatic heterocycles. The Labute approximate surface area is 168 Å². The van der Waals surface area contributed by atoms with Crippen LogP contribution < -0.4 is 16.7 Å². The van der Waals surface area contributed by atoms with Crippen LogP contribution in [-0.4, -0.2) is 49.5 Å². The average molecular weight is 420 g/mol. The molecule has 0 aromatic heterocycles. The van der Waals surface area contributed by atoms with Crippen LogP contribution in [0.1, 0.15) is 38.5 Å². The molecule has 1 radical (unpaired) electrons. The number of aliphatic hydroxyl groups excluding tert-OH is 2. The fourth-order valence-electron chi connectivity index (χ4n) is 6.14. The van der Waals surface area contributed by atoms with Gasteiger partial charge in [0, 0.05) is 42.2 Å². The molecule has 4 aliphatic carbocycles. The molecule has 3 saturated carbocycles. The molecule has 8 nitrogen and oxygen atoms in total. The van der Waals surface area contributed by atoms with E-state index in [0.29, 0.717) is 25.7 Å². The molecule has 0 bridgehead atoms. The molecule has 9 N–H and O–H groups in total. The van der Waals surface area contributed by atoms with Crippen molar-refractivity contribution in [2.75, 3.05) is 0 Å². The molecule has 0 saturated heterocycles. The van der Waals surface area contributed by atoms with Gasteiger partial charge in [0.2, 0.25) is 5.72 Å². The van der Waals surface area contributed by atoms with Crippen LogP contribution in [0.4, 0.5) is 0 Å². The van der Waals surface area contributed by atoms with Gasteiger partial charge in [-0.15, -0.1) is 0 Å². The van der Waals surface area contributed by atoms with E-state index in [9.17, 15) is 25.7 Å². The predicted molar refractivity (Wildman–Crippen MR) is 90.9 cm³/mol. The molecule has 0 aromatic carbocycles. The van der Waals surface area contributed by atoms with Crippen molar-refractivity contribution in [3.05, 3.63) is 16.9 Å². The van der Waals surface area contributed by atoms with Gasteiger partial charge in [-0.1, -0.05) is 17.9 Å². The molecule has 151 valence electrons. The summed E-state index contributed by atoms with van der Waals surface area (Å²) in [7, 11) is 0. The summed E-state index contributed by atoms with van der Waals surface area (Å²) in [5, 5.41) is 51.7. The van der Waals surface area contributed by atoms with Crippen molar-refractivity contribution in [1.29, 1.82) is 0 Å². The predicted octanol–water partition coefficient (Wildman–Crippen LogP) is -2.27. The molecule has 9 unspecified atom stereocenters.